The molecule has 0 aliphatic rings. The number of nitrogens with zero attached hydrogens (tertiary/aromatic N) is 2. The first kappa shape index (κ1) is 27.9. The summed E-state index contributed by atoms with van der Waals surface area (Å²) in [7, 11) is -2.56. The lowest BCUT2D eigenvalue weighted by molar-refractivity contribution is -0.139. The Bertz CT molecular complexity index is 1340. The van der Waals surface area contributed by atoms with Crippen LogP contribution in [0.5, 0.6) is 0 Å². The Hall–Kier alpha value is -3.65. The summed E-state index contributed by atoms with van der Waals surface area (Å²) in [6.07, 6.45) is 0.589. The van der Waals surface area contributed by atoms with E-state index in [-0.39, 0.29) is 17.3 Å². The zero-order valence-electron chi connectivity index (χ0n) is 22.1. The number of amides is 2. The van der Waals surface area contributed by atoms with E-state index in [4.69, 9.17) is 0 Å². The van der Waals surface area contributed by atoms with E-state index in [1.54, 1.807) is 43.3 Å². The fourth-order valence-electron chi connectivity index (χ4n) is 4.09. The number of sulfonamides is 1. The molecule has 1 N–H and O–H groups in total. The molecule has 0 aromatic heterocycles. The summed E-state index contributed by atoms with van der Waals surface area (Å²) >= 11 is 0. The standard InChI is InChI=1S/C29H35N3O4S/c1-6-25-9-7-8-10-27(25)32(37(35,36)26-17-13-22(3)14-18-26)20-28(33)31(23(4)29(34)30-5)19-24-15-11-21(2)12-16-24/h7-18,23H,6,19-20H2,1-5H3,(H,30,34). The maximum Gasteiger partial charge on any atom is 0.264 e. The summed E-state index contributed by atoms with van der Waals surface area (Å²) in [5.74, 6) is -0.805. The normalized spacial score (nSPS) is 12.0. The van der Waals surface area contributed by atoms with Crippen LogP contribution < -0.4 is 9.62 Å². The van der Waals surface area contributed by atoms with Crippen molar-refractivity contribution in [3.05, 3.63) is 95.1 Å². The average Bonchev–Trinajstić information content (AvgIpc) is 2.90. The molecule has 0 fully saturated rings. The van der Waals surface area contributed by atoms with Crippen LogP contribution in [0.4, 0.5) is 5.69 Å². The van der Waals surface area contributed by atoms with Crippen LogP contribution in [0.3, 0.4) is 0 Å². The summed E-state index contributed by atoms with van der Waals surface area (Å²) < 4.78 is 29.0. The Morgan fingerprint density at radius 3 is 2.03 bits per heavy atom. The summed E-state index contributed by atoms with van der Waals surface area (Å²) in [6.45, 7) is 7.16. The third kappa shape index (κ3) is 6.57. The van der Waals surface area contributed by atoms with Crippen LogP contribution >= 0.6 is 0 Å². The molecule has 0 saturated carbocycles. The molecule has 8 heteroatoms. The molecule has 0 heterocycles. The van der Waals surface area contributed by atoms with Crippen LogP contribution in [0, 0.1) is 13.8 Å². The van der Waals surface area contributed by atoms with Crippen molar-refractivity contribution in [1.29, 1.82) is 0 Å². The van der Waals surface area contributed by atoms with Gasteiger partial charge >= 0.3 is 0 Å². The molecule has 0 bridgehead atoms. The number of hydrogen-bond acceptors (Lipinski definition) is 4. The molecule has 37 heavy (non-hydrogen) atoms. The van der Waals surface area contributed by atoms with Gasteiger partial charge in [0.25, 0.3) is 10.0 Å². The Balaban J connectivity index is 2.06. The average molecular weight is 522 g/mol. The van der Waals surface area contributed by atoms with Gasteiger partial charge in [-0.2, -0.15) is 0 Å². The Labute approximate surface area is 220 Å². The van der Waals surface area contributed by atoms with E-state index in [1.165, 1.54) is 11.9 Å². The maximum atomic E-state index is 13.9. The predicted octanol–water partition coefficient (Wildman–Crippen LogP) is 4.22. The molecule has 0 aliphatic carbocycles. The second kappa shape index (κ2) is 12.1. The highest BCUT2D eigenvalue weighted by molar-refractivity contribution is 7.92. The van der Waals surface area contributed by atoms with Crippen LogP contribution in [0.2, 0.25) is 0 Å². The van der Waals surface area contributed by atoms with Crippen LogP contribution in [-0.4, -0.2) is 44.8 Å². The first-order chi connectivity index (χ1) is 17.6. The minimum atomic E-state index is -4.08. The highest BCUT2D eigenvalue weighted by atomic mass is 32.2. The lowest BCUT2D eigenvalue weighted by Gasteiger charge is -2.32. The number of para-hydroxylation sites is 1. The topological polar surface area (TPSA) is 86.8 Å². The smallest absolute Gasteiger partial charge is 0.264 e. The number of benzene rings is 3. The van der Waals surface area contributed by atoms with Crippen molar-refractivity contribution < 1.29 is 18.0 Å². The SMILES string of the molecule is CCc1ccccc1N(CC(=O)N(Cc1ccc(C)cc1)C(C)C(=O)NC)S(=O)(=O)c1ccc(C)cc1. The van der Waals surface area contributed by atoms with Gasteiger partial charge in [-0.25, -0.2) is 8.42 Å². The fraction of sp³-hybridized carbons (Fsp3) is 0.310. The van der Waals surface area contributed by atoms with Gasteiger partial charge in [-0.05, 0) is 56.5 Å². The number of likely N-dealkylation sites (N-methyl/N-ethyl adjacent to an activating group) is 1. The lowest BCUT2D eigenvalue weighted by atomic mass is 10.1. The molecule has 196 valence electrons. The molecule has 1 unspecified atom stereocenters. The van der Waals surface area contributed by atoms with Crippen molar-refractivity contribution in [2.24, 2.45) is 0 Å². The molecule has 2 amide bonds. The van der Waals surface area contributed by atoms with Crippen molar-refractivity contribution >= 4 is 27.5 Å². The van der Waals surface area contributed by atoms with Gasteiger partial charge in [-0.1, -0.05) is 72.6 Å². The van der Waals surface area contributed by atoms with Gasteiger partial charge in [0.1, 0.15) is 12.6 Å². The minimum Gasteiger partial charge on any atom is -0.357 e. The van der Waals surface area contributed by atoms with Crippen molar-refractivity contribution in [3.8, 4) is 0 Å². The second-order valence-electron chi connectivity index (χ2n) is 9.10. The molecule has 0 saturated heterocycles. The summed E-state index contributed by atoms with van der Waals surface area (Å²) in [4.78, 5) is 27.9. The van der Waals surface area contributed by atoms with Gasteiger partial charge in [-0.15, -0.1) is 0 Å². The zero-order chi connectivity index (χ0) is 27.2. The molecule has 7 nitrogen and oxygen atoms in total. The fourth-order valence-corrected chi connectivity index (χ4v) is 5.54. The van der Waals surface area contributed by atoms with Crippen molar-refractivity contribution in [2.75, 3.05) is 17.9 Å². The third-order valence-corrected chi connectivity index (χ3v) is 8.19. The summed E-state index contributed by atoms with van der Waals surface area (Å²) in [6, 6.07) is 20.6. The van der Waals surface area contributed by atoms with Crippen LogP contribution in [-0.2, 0) is 32.6 Å². The number of aryl methyl sites for hydroxylation is 3. The molecule has 1 atom stereocenters. The Morgan fingerprint density at radius 1 is 0.892 bits per heavy atom. The molecular formula is C29H35N3O4S. The zero-order valence-corrected chi connectivity index (χ0v) is 22.9. The van der Waals surface area contributed by atoms with E-state index in [9.17, 15) is 18.0 Å². The van der Waals surface area contributed by atoms with E-state index >= 15 is 0 Å². The van der Waals surface area contributed by atoms with Gasteiger partial charge in [0.15, 0.2) is 0 Å². The number of nitrogens with one attached hydrogen (secondary N) is 1. The number of anilines is 1. The Kier molecular flexibility index (Phi) is 9.10. The largest absolute Gasteiger partial charge is 0.357 e. The van der Waals surface area contributed by atoms with E-state index < -0.39 is 28.5 Å². The number of carbonyl (C=O) groups is 2. The molecule has 0 radical (unpaired) electrons. The quantitative estimate of drug-likeness (QED) is 0.433. The van der Waals surface area contributed by atoms with Crippen LogP contribution in [0.1, 0.15) is 36.1 Å². The molecule has 3 aromatic carbocycles. The first-order valence-electron chi connectivity index (χ1n) is 12.3. The van der Waals surface area contributed by atoms with Gasteiger partial charge in [-0.3, -0.25) is 13.9 Å². The molecule has 3 rings (SSSR count). The Morgan fingerprint density at radius 2 is 1.46 bits per heavy atom. The third-order valence-electron chi connectivity index (χ3n) is 6.42. The number of hydrogen-bond donors (Lipinski definition) is 1. The summed E-state index contributed by atoms with van der Waals surface area (Å²) in [5.41, 5.74) is 4.10. The van der Waals surface area contributed by atoms with Crippen molar-refractivity contribution in [2.45, 2.75) is 51.6 Å². The number of carbonyl (C=O) groups excluding carboxylic acids is 2. The lowest BCUT2D eigenvalue weighted by Crippen LogP contribution is -2.50. The van der Waals surface area contributed by atoms with Crippen molar-refractivity contribution in [3.63, 3.8) is 0 Å². The van der Waals surface area contributed by atoms with Gasteiger partial charge in [0.2, 0.25) is 11.8 Å². The highest BCUT2D eigenvalue weighted by Crippen LogP contribution is 2.28. The first-order valence-corrected chi connectivity index (χ1v) is 13.8. The monoisotopic (exact) mass is 521 g/mol. The van der Waals surface area contributed by atoms with Crippen LogP contribution in [0.15, 0.2) is 77.7 Å². The highest BCUT2D eigenvalue weighted by Gasteiger charge is 2.33. The van der Waals surface area contributed by atoms with Crippen LogP contribution in [0.25, 0.3) is 0 Å². The van der Waals surface area contributed by atoms with Crippen molar-refractivity contribution in [1.82, 2.24) is 10.2 Å². The molecule has 0 aliphatic heterocycles. The molecular weight excluding hydrogens is 486 g/mol. The predicted molar refractivity (Wildman–Crippen MR) is 147 cm³/mol. The maximum absolute atomic E-state index is 13.9. The molecule has 0 spiro atoms. The summed E-state index contributed by atoms with van der Waals surface area (Å²) in [5, 5.41) is 2.59. The van der Waals surface area contributed by atoms with Gasteiger partial charge in [0.05, 0.1) is 10.6 Å². The number of rotatable bonds is 10. The van der Waals surface area contributed by atoms with Gasteiger partial charge in [0, 0.05) is 13.6 Å². The van der Waals surface area contributed by atoms with Gasteiger partial charge < -0.3 is 10.2 Å². The van der Waals surface area contributed by atoms with E-state index in [0.717, 1.165) is 26.6 Å². The van der Waals surface area contributed by atoms with E-state index in [0.29, 0.717) is 12.1 Å². The molecule has 3 aromatic rings. The van der Waals surface area contributed by atoms with E-state index in [1.807, 2.05) is 57.2 Å². The second-order valence-corrected chi connectivity index (χ2v) is 11.0. The van der Waals surface area contributed by atoms with E-state index in [2.05, 4.69) is 5.32 Å². The minimum absolute atomic E-state index is 0.0984.